The van der Waals surface area contributed by atoms with Crippen LogP contribution >= 0.6 is 0 Å². The van der Waals surface area contributed by atoms with E-state index in [1.807, 2.05) is 13.2 Å². The van der Waals surface area contributed by atoms with Crippen LogP contribution in [0.25, 0.3) is 0 Å². The number of halogens is 2. The monoisotopic (exact) mass is 281 g/mol. The molecule has 0 aliphatic heterocycles. The van der Waals surface area contributed by atoms with Crippen LogP contribution in [0.2, 0.25) is 0 Å². The number of nitrogens with one attached hydrogen (secondary N) is 1. The Morgan fingerprint density at radius 3 is 2.70 bits per heavy atom. The van der Waals surface area contributed by atoms with E-state index in [1.54, 1.807) is 17.8 Å². The fourth-order valence-corrected chi connectivity index (χ4v) is 1.94. The van der Waals surface area contributed by atoms with E-state index < -0.39 is 17.7 Å². The lowest BCUT2D eigenvalue weighted by molar-refractivity contribution is 0.135. The molecule has 2 unspecified atom stereocenters. The Hall–Kier alpha value is -1.79. The summed E-state index contributed by atoms with van der Waals surface area (Å²) in [7, 11) is 1.82. The Morgan fingerprint density at radius 2 is 2.10 bits per heavy atom. The van der Waals surface area contributed by atoms with Crippen LogP contribution in [0.5, 0.6) is 0 Å². The van der Waals surface area contributed by atoms with E-state index in [4.69, 9.17) is 0 Å². The third-order valence-electron chi connectivity index (χ3n) is 3.15. The predicted octanol–water partition coefficient (Wildman–Crippen LogP) is 1.91. The number of hydrogen-bond acceptors (Lipinski definition) is 3. The molecule has 0 bridgehead atoms. The molecule has 4 nitrogen and oxygen atoms in total. The van der Waals surface area contributed by atoms with Gasteiger partial charge in [0, 0.05) is 31.4 Å². The molecule has 0 aliphatic carbocycles. The van der Waals surface area contributed by atoms with Gasteiger partial charge in [-0.05, 0) is 24.6 Å². The Kier molecular flexibility index (Phi) is 4.46. The van der Waals surface area contributed by atoms with Crippen molar-refractivity contribution in [1.82, 2.24) is 15.1 Å². The van der Waals surface area contributed by atoms with Crippen molar-refractivity contribution in [2.75, 3.05) is 0 Å². The molecule has 0 saturated heterocycles. The number of nitrogens with zero attached hydrogens (tertiary/aromatic N) is 2. The lowest BCUT2D eigenvalue weighted by Gasteiger charge is -2.20. The average molecular weight is 281 g/mol. The van der Waals surface area contributed by atoms with Gasteiger partial charge in [-0.25, -0.2) is 8.78 Å². The minimum absolute atomic E-state index is 0.305. The highest BCUT2D eigenvalue weighted by molar-refractivity contribution is 5.21. The molecule has 108 valence electrons. The molecule has 6 heteroatoms. The fraction of sp³-hybridized carbons (Fsp3) is 0.357. The molecule has 2 aromatic rings. The molecule has 1 heterocycles. The van der Waals surface area contributed by atoms with Crippen LogP contribution < -0.4 is 5.32 Å². The predicted molar refractivity (Wildman–Crippen MR) is 70.8 cm³/mol. The maximum Gasteiger partial charge on any atom is 0.159 e. The Morgan fingerprint density at radius 1 is 1.35 bits per heavy atom. The van der Waals surface area contributed by atoms with E-state index in [-0.39, 0.29) is 6.04 Å². The molecule has 0 spiro atoms. The molecule has 20 heavy (non-hydrogen) atoms. The lowest BCUT2D eigenvalue weighted by Crippen LogP contribution is -2.31. The summed E-state index contributed by atoms with van der Waals surface area (Å²) >= 11 is 0. The van der Waals surface area contributed by atoms with E-state index in [0.717, 1.165) is 17.7 Å². The fourth-order valence-electron chi connectivity index (χ4n) is 1.94. The van der Waals surface area contributed by atoms with E-state index in [9.17, 15) is 13.9 Å². The van der Waals surface area contributed by atoms with Crippen molar-refractivity contribution in [2.45, 2.75) is 25.6 Å². The third-order valence-corrected chi connectivity index (χ3v) is 3.15. The second kappa shape index (κ2) is 6.11. The molecule has 2 atom stereocenters. The van der Waals surface area contributed by atoms with Crippen LogP contribution in [0.4, 0.5) is 8.78 Å². The first-order chi connectivity index (χ1) is 9.47. The highest BCUT2D eigenvalue weighted by Crippen LogP contribution is 2.19. The molecule has 0 radical (unpaired) electrons. The summed E-state index contributed by atoms with van der Waals surface area (Å²) in [6.45, 7) is 2.32. The SMILES string of the molecule is CC(NCc1cnn(C)c1)C(O)c1ccc(F)c(F)c1. The van der Waals surface area contributed by atoms with Gasteiger partial charge in [0.1, 0.15) is 0 Å². The van der Waals surface area contributed by atoms with E-state index >= 15 is 0 Å². The van der Waals surface area contributed by atoms with Gasteiger partial charge in [-0.3, -0.25) is 4.68 Å². The Balaban J connectivity index is 1.97. The van der Waals surface area contributed by atoms with Gasteiger partial charge in [0.2, 0.25) is 0 Å². The zero-order chi connectivity index (χ0) is 14.7. The number of aliphatic hydroxyl groups is 1. The second-order valence-electron chi connectivity index (χ2n) is 4.81. The van der Waals surface area contributed by atoms with Gasteiger partial charge in [0.15, 0.2) is 11.6 Å². The van der Waals surface area contributed by atoms with Gasteiger partial charge in [-0.2, -0.15) is 5.10 Å². The number of rotatable bonds is 5. The zero-order valence-corrected chi connectivity index (χ0v) is 11.3. The average Bonchev–Trinajstić information content (AvgIpc) is 2.84. The number of hydrogen-bond donors (Lipinski definition) is 2. The molecule has 0 amide bonds. The van der Waals surface area contributed by atoms with E-state index in [2.05, 4.69) is 10.4 Å². The summed E-state index contributed by atoms with van der Waals surface area (Å²) < 4.78 is 27.7. The van der Waals surface area contributed by atoms with Gasteiger partial charge in [-0.15, -0.1) is 0 Å². The van der Waals surface area contributed by atoms with Crippen LogP contribution in [-0.2, 0) is 13.6 Å². The Labute approximate surface area is 116 Å². The van der Waals surface area contributed by atoms with Crippen LogP contribution in [-0.4, -0.2) is 20.9 Å². The van der Waals surface area contributed by atoms with Gasteiger partial charge >= 0.3 is 0 Å². The molecule has 0 aliphatic rings. The third kappa shape index (κ3) is 3.40. The molecule has 1 aromatic heterocycles. The van der Waals surface area contributed by atoms with Crippen LogP contribution in [0.1, 0.15) is 24.2 Å². The molecule has 0 saturated carbocycles. The minimum Gasteiger partial charge on any atom is -0.387 e. The van der Waals surface area contributed by atoms with E-state index in [0.29, 0.717) is 12.1 Å². The number of aryl methyl sites for hydroxylation is 1. The quantitative estimate of drug-likeness (QED) is 0.880. The second-order valence-corrected chi connectivity index (χ2v) is 4.81. The van der Waals surface area contributed by atoms with Crippen molar-refractivity contribution >= 4 is 0 Å². The first kappa shape index (κ1) is 14.6. The first-order valence-corrected chi connectivity index (χ1v) is 6.31. The Bertz CT molecular complexity index is 586. The molecule has 0 fully saturated rings. The maximum atomic E-state index is 13.1. The summed E-state index contributed by atoms with van der Waals surface area (Å²) in [6.07, 6.45) is 2.68. The largest absolute Gasteiger partial charge is 0.387 e. The molecule has 2 N–H and O–H groups in total. The molecule has 1 aromatic carbocycles. The minimum atomic E-state index is -0.957. The van der Waals surface area contributed by atoms with Crippen LogP contribution in [0.3, 0.4) is 0 Å². The van der Waals surface area contributed by atoms with Crippen molar-refractivity contribution in [3.63, 3.8) is 0 Å². The van der Waals surface area contributed by atoms with Gasteiger partial charge < -0.3 is 10.4 Å². The molecule has 2 rings (SSSR count). The molecular weight excluding hydrogens is 264 g/mol. The van der Waals surface area contributed by atoms with Crippen molar-refractivity contribution in [3.05, 3.63) is 53.4 Å². The number of benzene rings is 1. The smallest absolute Gasteiger partial charge is 0.159 e. The topological polar surface area (TPSA) is 50.1 Å². The summed E-state index contributed by atoms with van der Waals surface area (Å²) in [6, 6.07) is 3.11. The zero-order valence-electron chi connectivity index (χ0n) is 11.3. The van der Waals surface area contributed by atoms with E-state index in [1.165, 1.54) is 6.07 Å². The van der Waals surface area contributed by atoms with Gasteiger partial charge in [0.05, 0.1) is 12.3 Å². The van der Waals surface area contributed by atoms with Gasteiger partial charge in [0.25, 0.3) is 0 Å². The number of aliphatic hydroxyl groups excluding tert-OH is 1. The van der Waals surface area contributed by atoms with Gasteiger partial charge in [-0.1, -0.05) is 6.07 Å². The van der Waals surface area contributed by atoms with Crippen molar-refractivity contribution < 1.29 is 13.9 Å². The van der Waals surface area contributed by atoms with Crippen molar-refractivity contribution in [2.24, 2.45) is 7.05 Å². The molecular formula is C14H17F2N3O. The summed E-state index contributed by atoms with van der Waals surface area (Å²) in [5, 5.41) is 17.3. The number of aromatic nitrogens is 2. The lowest BCUT2D eigenvalue weighted by atomic mass is 10.0. The highest BCUT2D eigenvalue weighted by atomic mass is 19.2. The van der Waals surface area contributed by atoms with Crippen molar-refractivity contribution in [1.29, 1.82) is 0 Å². The highest BCUT2D eigenvalue weighted by Gasteiger charge is 2.17. The summed E-state index contributed by atoms with van der Waals surface area (Å²) in [4.78, 5) is 0. The first-order valence-electron chi connectivity index (χ1n) is 6.31. The van der Waals surface area contributed by atoms with Crippen molar-refractivity contribution in [3.8, 4) is 0 Å². The summed E-state index contributed by atoms with van der Waals surface area (Å²) in [5.74, 6) is -1.88. The standard InChI is InChI=1S/C14H17F2N3O/c1-9(17-6-10-7-18-19(2)8-10)14(20)11-3-4-12(15)13(16)5-11/h3-5,7-9,14,17,20H,6H2,1-2H3. The maximum absolute atomic E-state index is 13.1. The van der Waals surface area contributed by atoms with Crippen LogP contribution in [0, 0.1) is 11.6 Å². The normalized spacial score (nSPS) is 14.2. The summed E-state index contributed by atoms with van der Waals surface area (Å²) in [5.41, 5.74) is 1.33. The van der Waals surface area contributed by atoms with Crippen LogP contribution in [0.15, 0.2) is 30.6 Å².